The SMILES string of the molecule is CC12C(=O)N(c3ccccc3)C(=O)C1CC1C(=CCC3C(=O)N(c4cccc(C(=O)O)c4)C(=O)C31)C2c1c(O)ccc2ccccc12. The van der Waals surface area contributed by atoms with Crippen molar-refractivity contribution in [3.63, 3.8) is 0 Å². The Morgan fingerprint density at radius 3 is 2.28 bits per heavy atom. The van der Waals surface area contributed by atoms with E-state index >= 15 is 0 Å². The van der Waals surface area contributed by atoms with E-state index < -0.39 is 52.8 Å². The quantitative estimate of drug-likeness (QED) is 0.220. The van der Waals surface area contributed by atoms with Gasteiger partial charge in [0.15, 0.2) is 0 Å². The summed E-state index contributed by atoms with van der Waals surface area (Å²) in [4.78, 5) is 71.3. The van der Waals surface area contributed by atoms with Crippen LogP contribution in [0.5, 0.6) is 5.75 Å². The number of carbonyl (C=O) groups excluding carboxylic acids is 4. The number of phenolic OH excluding ortho intramolecular Hbond substituents is 1. The lowest BCUT2D eigenvalue weighted by atomic mass is 9.51. The van der Waals surface area contributed by atoms with Crippen LogP contribution in [0.25, 0.3) is 10.8 Å². The first-order valence-electron chi connectivity index (χ1n) is 15.7. The van der Waals surface area contributed by atoms with Crippen LogP contribution in [-0.2, 0) is 19.2 Å². The van der Waals surface area contributed by atoms with Crippen molar-refractivity contribution >= 4 is 51.7 Å². The van der Waals surface area contributed by atoms with Crippen molar-refractivity contribution in [3.8, 4) is 5.75 Å². The normalized spacial score (nSPS) is 28.3. The fourth-order valence-corrected chi connectivity index (χ4v) is 8.77. The van der Waals surface area contributed by atoms with Gasteiger partial charge in [0.25, 0.3) is 0 Å². The minimum atomic E-state index is -1.30. The van der Waals surface area contributed by atoms with E-state index in [-0.39, 0.29) is 41.7 Å². The molecular weight excluding hydrogens is 596 g/mol. The number of fused-ring (bicyclic) bond motifs is 5. The second-order valence-corrected chi connectivity index (χ2v) is 13.1. The molecule has 0 radical (unpaired) electrons. The summed E-state index contributed by atoms with van der Waals surface area (Å²) in [6.45, 7) is 1.79. The summed E-state index contributed by atoms with van der Waals surface area (Å²) in [7, 11) is 0. The molecule has 4 amide bonds. The van der Waals surface area contributed by atoms with Gasteiger partial charge in [0, 0.05) is 11.5 Å². The van der Waals surface area contributed by atoms with Gasteiger partial charge < -0.3 is 10.2 Å². The van der Waals surface area contributed by atoms with Crippen LogP contribution in [-0.4, -0.2) is 39.8 Å². The number of phenols is 1. The average molecular weight is 627 g/mol. The first-order valence-corrected chi connectivity index (χ1v) is 15.7. The molecule has 47 heavy (non-hydrogen) atoms. The maximum atomic E-state index is 14.7. The summed E-state index contributed by atoms with van der Waals surface area (Å²) in [5.41, 5.74) is 0.560. The Labute approximate surface area is 269 Å². The van der Waals surface area contributed by atoms with Gasteiger partial charge in [-0.15, -0.1) is 0 Å². The molecule has 9 heteroatoms. The van der Waals surface area contributed by atoms with Crippen molar-refractivity contribution in [1.29, 1.82) is 0 Å². The van der Waals surface area contributed by atoms with Gasteiger partial charge in [0.1, 0.15) is 5.75 Å². The summed E-state index contributed by atoms with van der Waals surface area (Å²) >= 11 is 0. The van der Waals surface area contributed by atoms with Crippen LogP contribution < -0.4 is 9.80 Å². The van der Waals surface area contributed by atoms with Gasteiger partial charge in [-0.25, -0.2) is 9.69 Å². The summed E-state index contributed by atoms with van der Waals surface area (Å²) < 4.78 is 0. The number of imide groups is 2. The van der Waals surface area contributed by atoms with Gasteiger partial charge in [-0.05, 0) is 72.9 Å². The molecule has 0 aromatic heterocycles. The zero-order chi connectivity index (χ0) is 32.8. The van der Waals surface area contributed by atoms with E-state index in [1.165, 1.54) is 23.1 Å². The van der Waals surface area contributed by atoms with Gasteiger partial charge in [0.2, 0.25) is 23.6 Å². The van der Waals surface area contributed by atoms with Crippen LogP contribution in [0.3, 0.4) is 0 Å². The van der Waals surface area contributed by atoms with E-state index in [4.69, 9.17) is 0 Å². The second-order valence-electron chi connectivity index (χ2n) is 13.1. The van der Waals surface area contributed by atoms with Gasteiger partial charge >= 0.3 is 5.97 Å². The van der Waals surface area contributed by atoms with Gasteiger partial charge in [-0.3, -0.25) is 24.1 Å². The molecule has 0 bridgehead atoms. The zero-order valence-corrected chi connectivity index (χ0v) is 25.4. The maximum absolute atomic E-state index is 14.7. The van der Waals surface area contributed by atoms with E-state index in [9.17, 15) is 34.2 Å². The molecular formula is C38H30N2O7. The first kappa shape index (κ1) is 28.9. The van der Waals surface area contributed by atoms with E-state index in [1.807, 2.05) is 30.3 Å². The van der Waals surface area contributed by atoms with Crippen LogP contribution in [0.2, 0.25) is 0 Å². The van der Waals surface area contributed by atoms with Gasteiger partial charge in [-0.2, -0.15) is 0 Å². The second kappa shape index (κ2) is 10.2. The first-order chi connectivity index (χ1) is 22.6. The molecule has 4 aromatic carbocycles. The van der Waals surface area contributed by atoms with Crippen molar-refractivity contribution in [2.75, 3.05) is 9.80 Å². The molecule has 3 fully saturated rings. The number of carboxylic acid groups (broad SMARTS) is 1. The molecule has 2 aliphatic heterocycles. The Morgan fingerprint density at radius 2 is 1.51 bits per heavy atom. The van der Waals surface area contributed by atoms with E-state index in [2.05, 4.69) is 0 Å². The number of para-hydroxylation sites is 1. The van der Waals surface area contributed by atoms with Crippen LogP contribution in [0.1, 0.15) is 41.6 Å². The molecule has 4 aromatic rings. The predicted octanol–water partition coefficient (Wildman–Crippen LogP) is 5.68. The fraction of sp³-hybridized carbons (Fsp3) is 0.237. The summed E-state index contributed by atoms with van der Waals surface area (Å²) in [6.07, 6.45) is 2.33. The molecule has 9 nitrogen and oxygen atoms in total. The van der Waals surface area contributed by atoms with E-state index in [0.29, 0.717) is 11.3 Å². The zero-order valence-electron chi connectivity index (χ0n) is 25.4. The van der Waals surface area contributed by atoms with E-state index in [0.717, 1.165) is 21.2 Å². The predicted molar refractivity (Wildman–Crippen MR) is 173 cm³/mol. The average Bonchev–Trinajstić information content (AvgIpc) is 3.45. The monoisotopic (exact) mass is 626 g/mol. The standard InChI is InChI=1S/C38H30N2O7/c1-38-28(34(43)40(37(38)47)22-10-3-2-4-11-22)19-27-25(32(38)31-24-13-6-5-8-20(24)14-17-29(31)41)15-16-26-30(27)35(44)39(33(26)42)23-12-7-9-21(18-23)36(45)46/h2-15,17-18,26-28,30,32,41H,16,19H2,1H3,(H,45,46). The molecule has 2 saturated heterocycles. The van der Waals surface area contributed by atoms with Gasteiger partial charge in [0.05, 0.1) is 40.1 Å². The Hall–Kier alpha value is -5.57. The van der Waals surface area contributed by atoms with Crippen molar-refractivity contribution in [3.05, 3.63) is 114 Å². The molecule has 1 saturated carbocycles. The number of aromatic hydroxyl groups is 1. The molecule has 2 aliphatic carbocycles. The van der Waals surface area contributed by atoms with Crippen molar-refractivity contribution < 1.29 is 34.2 Å². The number of hydrogen-bond donors (Lipinski definition) is 2. The minimum Gasteiger partial charge on any atom is -0.508 e. The number of amides is 4. The third-order valence-corrected chi connectivity index (χ3v) is 10.9. The molecule has 2 heterocycles. The van der Waals surface area contributed by atoms with Crippen molar-refractivity contribution in [1.82, 2.24) is 0 Å². The maximum Gasteiger partial charge on any atom is 0.335 e. The lowest BCUT2D eigenvalue weighted by molar-refractivity contribution is -0.131. The van der Waals surface area contributed by atoms with Crippen molar-refractivity contribution in [2.45, 2.75) is 25.7 Å². The number of carbonyl (C=O) groups is 5. The number of benzene rings is 4. The van der Waals surface area contributed by atoms with Crippen LogP contribution >= 0.6 is 0 Å². The summed E-state index contributed by atoms with van der Waals surface area (Å²) in [6, 6.07) is 25.5. The summed E-state index contributed by atoms with van der Waals surface area (Å²) in [5.74, 6) is -6.55. The number of hydrogen-bond acceptors (Lipinski definition) is 6. The van der Waals surface area contributed by atoms with Crippen molar-refractivity contribution in [2.24, 2.45) is 29.1 Å². The Bertz CT molecular complexity index is 2090. The fourth-order valence-electron chi connectivity index (χ4n) is 8.77. The highest BCUT2D eigenvalue weighted by Crippen LogP contribution is 2.65. The largest absolute Gasteiger partial charge is 0.508 e. The number of rotatable bonds is 4. The van der Waals surface area contributed by atoms with Crippen LogP contribution in [0.15, 0.2) is 103 Å². The number of anilines is 2. The van der Waals surface area contributed by atoms with Crippen LogP contribution in [0, 0.1) is 29.1 Å². The topological polar surface area (TPSA) is 132 Å². The lowest BCUT2D eigenvalue weighted by Crippen LogP contribution is -2.49. The molecule has 6 unspecified atom stereocenters. The molecule has 0 spiro atoms. The highest BCUT2D eigenvalue weighted by Gasteiger charge is 2.68. The third kappa shape index (κ3) is 3.92. The number of aromatic carboxylic acids is 1. The minimum absolute atomic E-state index is 0.0169. The number of allylic oxidation sites excluding steroid dienone is 2. The Balaban J connectivity index is 1.31. The highest BCUT2D eigenvalue weighted by molar-refractivity contribution is 6.25. The Morgan fingerprint density at radius 1 is 0.787 bits per heavy atom. The molecule has 8 rings (SSSR count). The molecule has 4 aliphatic rings. The third-order valence-electron chi connectivity index (χ3n) is 10.9. The van der Waals surface area contributed by atoms with Gasteiger partial charge in [-0.1, -0.05) is 66.2 Å². The molecule has 6 atom stereocenters. The molecule has 234 valence electrons. The number of nitrogens with zero attached hydrogens (tertiary/aromatic N) is 2. The smallest absolute Gasteiger partial charge is 0.335 e. The Kier molecular flexibility index (Phi) is 6.28. The lowest BCUT2D eigenvalue weighted by Gasteiger charge is -2.49. The number of carboxylic acids is 1. The summed E-state index contributed by atoms with van der Waals surface area (Å²) in [5, 5.41) is 22.7. The van der Waals surface area contributed by atoms with Crippen LogP contribution in [0.4, 0.5) is 11.4 Å². The molecule has 2 N–H and O–H groups in total. The highest BCUT2D eigenvalue weighted by atomic mass is 16.4. The van der Waals surface area contributed by atoms with E-state index in [1.54, 1.807) is 55.5 Å².